The molecule has 4 rings (SSSR count). The van der Waals surface area contributed by atoms with Crippen molar-refractivity contribution >= 4 is 48.8 Å². The zero-order valence-electron chi connectivity index (χ0n) is 15.8. The highest BCUT2D eigenvalue weighted by molar-refractivity contribution is 7.91. The Kier molecular flexibility index (Phi) is 5.55. The van der Waals surface area contributed by atoms with Gasteiger partial charge in [0.2, 0.25) is 0 Å². The van der Waals surface area contributed by atoms with Gasteiger partial charge in [-0.3, -0.25) is 4.79 Å². The van der Waals surface area contributed by atoms with Gasteiger partial charge in [0.15, 0.2) is 9.84 Å². The second-order valence-electron chi connectivity index (χ2n) is 7.08. The number of sulfone groups is 1. The first-order valence-corrected chi connectivity index (χ1v) is 12.2. The number of rotatable bonds is 5. The van der Waals surface area contributed by atoms with Gasteiger partial charge in [0.25, 0.3) is 5.91 Å². The van der Waals surface area contributed by atoms with Gasteiger partial charge in [-0.25, -0.2) is 8.42 Å². The van der Waals surface area contributed by atoms with Gasteiger partial charge in [-0.15, -0.1) is 11.3 Å². The molecule has 1 saturated heterocycles. The Morgan fingerprint density at radius 1 is 1.21 bits per heavy atom. The molecule has 0 spiro atoms. The number of fused-ring (bicyclic) bond motifs is 1. The Bertz CT molecular complexity index is 1160. The number of hydrogen-bond donors (Lipinski definition) is 0. The molecule has 0 saturated carbocycles. The minimum atomic E-state index is -3.14. The maximum Gasteiger partial charge on any atom is 0.266 e. The molecule has 2 heterocycles. The summed E-state index contributed by atoms with van der Waals surface area (Å²) in [6.45, 7) is 0.313. The fraction of sp³-hybridized carbons (Fsp3) is 0.286. The lowest BCUT2D eigenvalue weighted by Crippen LogP contribution is -2.40. The van der Waals surface area contributed by atoms with Crippen molar-refractivity contribution in [3.63, 3.8) is 0 Å². The topological polar surface area (TPSA) is 63.7 Å². The average molecular weight is 450 g/mol. The molecule has 0 bridgehead atoms. The molecule has 29 heavy (non-hydrogen) atoms. The predicted octanol–water partition coefficient (Wildman–Crippen LogP) is 4.39. The lowest BCUT2D eigenvalue weighted by atomic mass is 10.1. The highest BCUT2D eigenvalue weighted by Crippen LogP contribution is 2.37. The maximum absolute atomic E-state index is 13.5. The largest absolute Gasteiger partial charge is 0.497 e. The third-order valence-corrected chi connectivity index (χ3v) is 8.56. The number of halogens is 1. The van der Waals surface area contributed by atoms with E-state index < -0.39 is 9.84 Å². The van der Waals surface area contributed by atoms with Crippen LogP contribution in [0.5, 0.6) is 5.75 Å². The summed E-state index contributed by atoms with van der Waals surface area (Å²) in [6.07, 6.45) is 0.437. The Morgan fingerprint density at radius 3 is 2.55 bits per heavy atom. The first-order valence-electron chi connectivity index (χ1n) is 9.19. The van der Waals surface area contributed by atoms with Crippen LogP contribution >= 0.6 is 22.9 Å². The molecule has 5 nitrogen and oxygen atoms in total. The first kappa shape index (κ1) is 20.2. The van der Waals surface area contributed by atoms with Gasteiger partial charge in [-0.1, -0.05) is 41.9 Å². The van der Waals surface area contributed by atoms with Gasteiger partial charge in [-0.2, -0.15) is 0 Å². The summed E-state index contributed by atoms with van der Waals surface area (Å²) in [7, 11) is -1.54. The molecule has 1 aliphatic heterocycles. The molecule has 1 atom stereocenters. The lowest BCUT2D eigenvalue weighted by molar-refractivity contribution is 0.0686. The van der Waals surface area contributed by atoms with Gasteiger partial charge in [0, 0.05) is 22.7 Å². The predicted molar refractivity (Wildman–Crippen MR) is 117 cm³/mol. The standard InChI is InChI=1S/C21H20ClNO4S2/c1-27-16-8-6-14(7-9-16)12-23(15-10-11-29(25,26)13-15)21(24)20-19(22)17-4-2-3-5-18(17)28-20/h2-9,15H,10-13H2,1H3/t15-/m1/s1. The van der Waals surface area contributed by atoms with E-state index in [2.05, 4.69) is 0 Å². The van der Waals surface area contributed by atoms with Crippen LogP contribution in [-0.4, -0.2) is 43.9 Å². The molecular weight excluding hydrogens is 430 g/mol. The number of hydrogen-bond acceptors (Lipinski definition) is 5. The molecule has 1 fully saturated rings. The number of carbonyl (C=O) groups is 1. The number of nitrogens with zero attached hydrogens (tertiary/aromatic N) is 1. The summed E-state index contributed by atoms with van der Waals surface area (Å²) in [5.74, 6) is 0.582. The van der Waals surface area contributed by atoms with Crippen molar-refractivity contribution in [2.24, 2.45) is 0 Å². The van der Waals surface area contributed by atoms with Crippen molar-refractivity contribution in [1.82, 2.24) is 4.90 Å². The molecule has 8 heteroatoms. The summed E-state index contributed by atoms with van der Waals surface area (Å²) in [5, 5.41) is 1.27. The van der Waals surface area contributed by atoms with Crippen molar-refractivity contribution in [3.05, 3.63) is 64.0 Å². The third kappa shape index (κ3) is 4.13. The second-order valence-corrected chi connectivity index (χ2v) is 10.7. The van der Waals surface area contributed by atoms with Crippen LogP contribution < -0.4 is 4.74 Å². The van der Waals surface area contributed by atoms with Crippen LogP contribution in [0.2, 0.25) is 5.02 Å². The minimum Gasteiger partial charge on any atom is -0.497 e. The molecule has 152 valence electrons. The van der Waals surface area contributed by atoms with Gasteiger partial charge < -0.3 is 9.64 Å². The van der Waals surface area contributed by atoms with E-state index in [0.717, 1.165) is 21.4 Å². The van der Waals surface area contributed by atoms with Crippen LogP contribution in [0.3, 0.4) is 0 Å². The smallest absolute Gasteiger partial charge is 0.266 e. The van der Waals surface area contributed by atoms with Crippen LogP contribution in [-0.2, 0) is 16.4 Å². The highest BCUT2D eigenvalue weighted by atomic mass is 35.5. The van der Waals surface area contributed by atoms with E-state index in [4.69, 9.17) is 16.3 Å². The highest BCUT2D eigenvalue weighted by Gasteiger charge is 2.36. The lowest BCUT2D eigenvalue weighted by Gasteiger charge is -2.28. The summed E-state index contributed by atoms with van der Waals surface area (Å²) < 4.78 is 30.3. The average Bonchev–Trinajstić information content (AvgIpc) is 3.25. The van der Waals surface area contributed by atoms with Crippen molar-refractivity contribution in [1.29, 1.82) is 0 Å². The van der Waals surface area contributed by atoms with E-state index >= 15 is 0 Å². The summed E-state index contributed by atoms with van der Waals surface area (Å²) in [5.41, 5.74) is 0.903. The second kappa shape index (κ2) is 7.97. The van der Waals surface area contributed by atoms with E-state index in [1.165, 1.54) is 11.3 Å². The first-order chi connectivity index (χ1) is 13.9. The SMILES string of the molecule is COc1ccc(CN(C(=O)c2sc3ccccc3c2Cl)[C@@H]2CCS(=O)(=O)C2)cc1. The Balaban J connectivity index is 1.70. The van der Waals surface area contributed by atoms with E-state index in [9.17, 15) is 13.2 Å². The Morgan fingerprint density at radius 2 is 1.93 bits per heavy atom. The molecular formula is C21H20ClNO4S2. The van der Waals surface area contributed by atoms with Crippen LogP contribution in [0.4, 0.5) is 0 Å². The van der Waals surface area contributed by atoms with E-state index in [1.54, 1.807) is 12.0 Å². The zero-order valence-corrected chi connectivity index (χ0v) is 18.2. The Labute approximate surface area is 178 Å². The van der Waals surface area contributed by atoms with Crippen molar-refractivity contribution < 1.29 is 17.9 Å². The molecule has 0 N–H and O–H groups in total. The number of thiophene rings is 1. The monoisotopic (exact) mass is 449 g/mol. The van der Waals surface area contributed by atoms with Gasteiger partial charge in [0.05, 0.1) is 23.6 Å². The van der Waals surface area contributed by atoms with Crippen molar-refractivity contribution in [2.75, 3.05) is 18.6 Å². The van der Waals surface area contributed by atoms with Crippen LogP contribution in [0, 0.1) is 0 Å². The fourth-order valence-corrected chi connectivity index (χ4v) is 6.80. The molecule has 0 aliphatic carbocycles. The normalized spacial score (nSPS) is 18.1. The van der Waals surface area contributed by atoms with Crippen LogP contribution in [0.15, 0.2) is 48.5 Å². The molecule has 0 unspecified atom stereocenters. The number of amides is 1. The van der Waals surface area contributed by atoms with Crippen molar-refractivity contribution in [2.45, 2.75) is 19.0 Å². The van der Waals surface area contributed by atoms with Crippen LogP contribution in [0.1, 0.15) is 21.7 Å². The van der Waals surface area contributed by atoms with Gasteiger partial charge >= 0.3 is 0 Å². The summed E-state index contributed by atoms with van der Waals surface area (Å²) in [4.78, 5) is 15.6. The Hall–Kier alpha value is -2.09. The minimum absolute atomic E-state index is 0.0165. The summed E-state index contributed by atoms with van der Waals surface area (Å²) in [6, 6.07) is 14.7. The maximum atomic E-state index is 13.5. The number of benzene rings is 2. The molecule has 3 aromatic rings. The third-order valence-electron chi connectivity index (χ3n) is 5.15. The quantitative estimate of drug-likeness (QED) is 0.579. The number of ether oxygens (including phenoxy) is 1. The molecule has 1 aliphatic rings. The number of carbonyl (C=O) groups excluding carboxylic acids is 1. The molecule has 1 amide bonds. The van der Waals surface area contributed by atoms with Crippen LogP contribution in [0.25, 0.3) is 10.1 Å². The fourth-order valence-electron chi connectivity index (χ4n) is 3.60. The van der Waals surface area contributed by atoms with E-state index in [0.29, 0.717) is 22.9 Å². The molecule has 1 aromatic heterocycles. The molecule has 0 radical (unpaired) electrons. The van der Waals surface area contributed by atoms with Gasteiger partial charge in [-0.05, 0) is 30.2 Å². The number of methoxy groups -OCH3 is 1. The van der Waals surface area contributed by atoms with Gasteiger partial charge in [0.1, 0.15) is 10.6 Å². The van der Waals surface area contributed by atoms with E-state index in [-0.39, 0.29) is 23.5 Å². The summed E-state index contributed by atoms with van der Waals surface area (Å²) >= 11 is 7.87. The zero-order chi connectivity index (χ0) is 20.6. The van der Waals surface area contributed by atoms with E-state index in [1.807, 2.05) is 48.5 Å². The molecule has 2 aromatic carbocycles. The van der Waals surface area contributed by atoms with Crippen molar-refractivity contribution in [3.8, 4) is 5.75 Å².